The average Bonchev–Trinajstić information content (AvgIpc) is 2.78. The van der Waals surface area contributed by atoms with Gasteiger partial charge in [-0.25, -0.2) is 4.74 Å². The quantitative estimate of drug-likeness (QED) is 0.217. The van der Waals surface area contributed by atoms with Crippen molar-refractivity contribution in [2.24, 2.45) is 0 Å². The van der Waals surface area contributed by atoms with E-state index in [9.17, 15) is 119 Å². The molecule has 0 radical (unpaired) electrons. The van der Waals surface area contributed by atoms with Crippen molar-refractivity contribution in [1.29, 1.82) is 0 Å². The van der Waals surface area contributed by atoms with Crippen molar-refractivity contribution in [2.75, 3.05) is 0 Å². The minimum atomic E-state index is -8.24. The Balaban J connectivity index is 0.000000453. The zero-order valence-electron chi connectivity index (χ0n) is 18.0. The molecule has 258 valence electrons. The molecule has 0 saturated carbocycles. The van der Waals surface area contributed by atoms with Gasteiger partial charge in [-0.3, -0.25) is 4.74 Å². The van der Waals surface area contributed by atoms with E-state index in [4.69, 9.17) is 0 Å². The van der Waals surface area contributed by atoms with Crippen LogP contribution in [0, 0.1) is 0 Å². The second-order valence-corrected chi connectivity index (χ2v) is 7.61. The molecule has 0 N–H and O–H groups in total. The van der Waals surface area contributed by atoms with Crippen LogP contribution in [0.15, 0.2) is 0 Å². The topological polar surface area (TPSA) is 21.7 Å². The number of morpholine rings is 1. The lowest BCUT2D eigenvalue weighted by atomic mass is 9.92. The van der Waals surface area contributed by atoms with Gasteiger partial charge in [-0.05, 0) is 0 Å². The van der Waals surface area contributed by atoms with Crippen molar-refractivity contribution in [2.45, 2.75) is 78.4 Å². The molecule has 30 heteroatoms. The van der Waals surface area contributed by atoms with E-state index in [1.807, 2.05) is 4.74 Å². The lowest BCUT2D eigenvalue weighted by Crippen LogP contribution is -2.76. The summed E-state index contributed by atoms with van der Waals surface area (Å²) in [6.45, 7) is 0. The third-order valence-electron chi connectivity index (χ3n) is 4.75. The number of halogens is 27. The SMILES string of the molecule is FC(F)(F)C(F)(F)C(F)(F)C(F)(F)C1(F)OC(F)(F)C(F)(F)C1(F)F.FC(F)(F)N1C(F)(F)C(F)(F)OC(F)(F)C1(F)F. The summed E-state index contributed by atoms with van der Waals surface area (Å²) in [5, 5.41) is 0. The standard InChI is InChI=1S/C8F16O.C5F11NO/c9-1(10,4(15,16)7(20,21)22)2(11,12)6(19)3(13,14)5(17,18)8(23,24)25-6;6-1(7)3(10,11)18-4(12,13)2(8,9)17(1)5(14,15)16. The Hall–Kier alpha value is -2.01. The van der Waals surface area contributed by atoms with Gasteiger partial charge in [-0.15, -0.1) is 0 Å². The van der Waals surface area contributed by atoms with Crippen LogP contribution in [0.5, 0.6) is 0 Å². The normalized spacial score (nSPS) is 29.9. The van der Waals surface area contributed by atoms with Gasteiger partial charge in [-0.1, -0.05) is 4.90 Å². The zero-order chi connectivity index (χ0) is 35.5. The first kappa shape index (κ1) is 39.0. The third-order valence-corrected chi connectivity index (χ3v) is 4.75. The lowest BCUT2D eigenvalue weighted by molar-refractivity contribution is -0.594. The zero-order valence-corrected chi connectivity index (χ0v) is 18.0. The largest absolute Gasteiger partial charge is 0.470 e. The summed E-state index contributed by atoms with van der Waals surface area (Å²) in [5.74, 6) is -47.0. The minimum absolute atomic E-state index is 1.60. The van der Waals surface area contributed by atoms with Gasteiger partial charge in [0.05, 0.1) is 0 Å². The Kier molecular flexibility index (Phi) is 8.41. The van der Waals surface area contributed by atoms with Crippen LogP contribution in [0.2, 0.25) is 0 Å². The summed E-state index contributed by atoms with van der Waals surface area (Å²) in [6.07, 6.45) is -34.4. The first-order valence-electron chi connectivity index (χ1n) is 8.84. The van der Waals surface area contributed by atoms with Gasteiger partial charge in [0.25, 0.3) is 0 Å². The van der Waals surface area contributed by atoms with Crippen molar-refractivity contribution in [1.82, 2.24) is 4.90 Å². The molecule has 2 rings (SSSR count). The number of alkyl halides is 27. The molecule has 1 unspecified atom stereocenters. The molecule has 0 aromatic carbocycles. The van der Waals surface area contributed by atoms with Crippen molar-refractivity contribution in [3.05, 3.63) is 0 Å². The smallest absolute Gasteiger partial charge is 0.267 e. The summed E-state index contributed by atoms with van der Waals surface area (Å²) in [5.41, 5.74) is 0. The van der Waals surface area contributed by atoms with Crippen molar-refractivity contribution in [3.8, 4) is 0 Å². The summed E-state index contributed by atoms with van der Waals surface area (Å²) >= 11 is 0. The van der Waals surface area contributed by atoms with Gasteiger partial charge in [0, 0.05) is 0 Å². The van der Waals surface area contributed by atoms with Crippen molar-refractivity contribution in [3.63, 3.8) is 0 Å². The molecule has 1 atom stereocenters. The minimum Gasteiger partial charge on any atom is -0.267 e. The van der Waals surface area contributed by atoms with E-state index in [-0.39, 0.29) is 0 Å². The van der Waals surface area contributed by atoms with Crippen LogP contribution < -0.4 is 0 Å². The highest BCUT2D eigenvalue weighted by Crippen LogP contribution is 2.69. The average molecular weight is 715 g/mol. The predicted molar refractivity (Wildman–Crippen MR) is 69.4 cm³/mol. The highest BCUT2D eigenvalue weighted by molar-refractivity contribution is 5.18. The first-order valence-corrected chi connectivity index (χ1v) is 8.84. The molecule has 2 fully saturated rings. The molecule has 0 amide bonds. The summed E-state index contributed by atoms with van der Waals surface area (Å²) in [4.78, 5) is -3.53. The van der Waals surface area contributed by atoms with Crippen LogP contribution in [0.3, 0.4) is 0 Å². The van der Waals surface area contributed by atoms with Gasteiger partial charge < -0.3 is 0 Å². The second kappa shape index (κ2) is 9.27. The fourth-order valence-electron chi connectivity index (χ4n) is 2.57. The number of ether oxygens (including phenoxy) is 2. The molecule has 0 spiro atoms. The number of rotatable bonds is 3. The molecule has 0 aromatic rings. The fourth-order valence-corrected chi connectivity index (χ4v) is 2.57. The van der Waals surface area contributed by atoms with Crippen molar-refractivity contribution < 1.29 is 128 Å². The first-order chi connectivity index (χ1) is 18.0. The number of hydrogen-bond acceptors (Lipinski definition) is 3. The van der Waals surface area contributed by atoms with Gasteiger partial charge in [0.2, 0.25) is 0 Å². The van der Waals surface area contributed by atoms with Crippen LogP contribution in [0.25, 0.3) is 0 Å². The monoisotopic (exact) mass is 715 g/mol. The Morgan fingerprint density at radius 2 is 0.721 bits per heavy atom. The molecule has 2 heterocycles. The number of hydrogen-bond donors (Lipinski definition) is 0. The molecule has 2 aliphatic heterocycles. The second-order valence-electron chi connectivity index (χ2n) is 7.61. The van der Waals surface area contributed by atoms with Crippen LogP contribution >= 0.6 is 0 Å². The molecule has 0 bridgehead atoms. The molecular formula is C13F27NO2. The molecular weight excluding hydrogens is 715 g/mol. The Labute approximate surface area is 213 Å². The van der Waals surface area contributed by atoms with Gasteiger partial charge in [0.15, 0.2) is 0 Å². The van der Waals surface area contributed by atoms with Gasteiger partial charge in [0.1, 0.15) is 0 Å². The van der Waals surface area contributed by atoms with Crippen LogP contribution in [-0.2, 0) is 9.47 Å². The van der Waals surface area contributed by atoms with E-state index in [0.717, 1.165) is 0 Å². The van der Waals surface area contributed by atoms with E-state index in [0.29, 0.717) is 0 Å². The Morgan fingerprint density at radius 1 is 0.395 bits per heavy atom. The van der Waals surface area contributed by atoms with Gasteiger partial charge in [-0.2, -0.15) is 119 Å². The predicted octanol–water partition coefficient (Wildman–Crippen LogP) is 8.22. The lowest BCUT2D eigenvalue weighted by Gasteiger charge is -2.47. The van der Waals surface area contributed by atoms with Crippen molar-refractivity contribution >= 4 is 0 Å². The molecule has 0 aromatic heterocycles. The summed E-state index contributed by atoms with van der Waals surface area (Å²) in [6, 6.07) is -13.4. The van der Waals surface area contributed by atoms with E-state index in [1.54, 1.807) is 4.74 Å². The van der Waals surface area contributed by atoms with Crippen LogP contribution in [-0.4, -0.2) is 83.3 Å². The molecule has 0 aliphatic carbocycles. The Bertz CT molecular complexity index is 1030. The highest BCUT2D eigenvalue weighted by Gasteiger charge is 3.00. The maximum Gasteiger partial charge on any atom is 0.470 e. The fraction of sp³-hybridized carbons (Fsp3) is 1.00. The van der Waals surface area contributed by atoms with Crippen LogP contribution in [0.1, 0.15) is 0 Å². The summed E-state index contributed by atoms with van der Waals surface area (Å²) < 4.78 is 340. The molecule has 3 nitrogen and oxygen atoms in total. The maximum absolute atomic E-state index is 13.4. The van der Waals surface area contributed by atoms with E-state index in [2.05, 4.69) is 0 Å². The molecule has 2 saturated heterocycles. The Morgan fingerprint density at radius 3 is 0.953 bits per heavy atom. The van der Waals surface area contributed by atoms with Gasteiger partial charge >= 0.3 is 78.4 Å². The van der Waals surface area contributed by atoms with E-state index >= 15 is 0 Å². The molecule has 2 aliphatic rings. The van der Waals surface area contributed by atoms with E-state index in [1.165, 1.54) is 0 Å². The molecule has 43 heavy (non-hydrogen) atoms. The van der Waals surface area contributed by atoms with E-state index < -0.39 is 83.3 Å². The van der Waals surface area contributed by atoms with Crippen LogP contribution in [0.4, 0.5) is 119 Å². The third kappa shape index (κ3) is 4.86. The number of nitrogens with zero attached hydrogens (tertiary/aromatic N) is 1. The maximum atomic E-state index is 13.4. The highest BCUT2D eigenvalue weighted by atomic mass is 19.4. The summed E-state index contributed by atoms with van der Waals surface area (Å²) in [7, 11) is 0.